The summed E-state index contributed by atoms with van der Waals surface area (Å²) < 4.78 is 17.1. The molecule has 1 atom stereocenters. The van der Waals surface area contributed by atoms with E-state index in [1.807, 2.05) is 24.3 Å². The van der Waals surface area contributed by atoms with Crippen LogP contribution >= 0.6 is 0 Å². The van der Waals surface area contributed by atoms with Crippen molar-refractivity contribution in [1.82, 2.24) is 20.2 Å². The van der Waals surface area contributed by atoms with Gasteiger partial charge in [0.15, 0.2) is 12.1 Å². The lowest BCUT2D eigenvalue weighted by molar-refractivity contribution is -0.0691. The molecule has 0 aliphatic carbocycles. The lowest BCUT2D eigenvalue weighted by Crippen LogP contribution is -2.42. The van der Waals surface area contributed by atoms with Crippen molar-refractivity contribution in [3.8, 4) is 11.4 Å². The minimum atomic E-state index is -0.185. The maximum atomic E-state index is 12.3. The van der Waals surface area contributed by atoms with Crippen molar-refractivity contribution in [2.45, 2.75) is 52.4 Å². The zero-order valence-electron chi connectivity index (χ0n) is 23.4. The summed E-state index contributed by atoms with van der Waals surface area (Å²) in [4.78, 5) is 27.2. The van der Waals surface area contributed by atoms with Crippen LogP contribution in [0.5, 0.6) is 0 Å². The molecule has 1 aromatic heterocycles. The fraction of sp³-hybridized carbons (Fsp3) is 0.621. The van der Waals surface area contributed by atoms with E-state index >= 15 is 0 Å². The molecular formula is C29H42N6O4. The molecule has 2 saturated heterocycles. The smallest absolute Gasteiger partial charge is 0.319 e. The molecule has 5 rings (SSSR count). The standard InChI is InChI=1S/C29H42N6O4/c1-20(2)5-4-11-30-29(36)31-23-8-6-22(7-9-23)27-32-26-21(3)35(19-25-38-17-18-39-25)12-10-24(26)28(33-27)34-13-15-37-16-14-34/h6-9,20-21,25H,4-5,10-19H2,1-3H3,(H2,30,31,36). The average molecular weight is 539 g/mol. The highest BCUT2D eigenvalue weighted by Crippen LogP contribution is 2.36. The Morgan fingerprint density at radius 2 is 1.79 bits per heavy atom. The van der Waals surface area contributed by atoms with Crippen LogP contribution in [0.4, 0.5) is 16.3 Å². The van der Waals surface area contributed by atoms with Gasteiger partial charge in [-0.1, -0.05) is 13.8 Å². The molecule has 2 amide bonds. The molecular weight excluding hydrogens is 496 g/mol. The van der Waals surface area contributed by atoms with Gasteiger partial charge in [-0.2, -0.15) is 0 Å². The lowest BCUT2D eigenvalue weighted by atomic mass is 9.98. The van der Waals surface area contributed by atoms with Crippen LogP contribution in [-0.2, 0) is 20.6 Å². The third kappa shape index (κ3) is 7.05. The van der Waals surface area contributed by atoms with Crippen molar-refractivity contribution < 1.29 is 19.0 Å². The average Bonchev–Trinajstić information content (AvgIpc) is 3.46. The third-order valence-corrected chi connectivity index (χ3v) is 7.64. The van der Waals surface area contributed by atoms with Crippen molar-refractivity contribution >= 4 is 17.5 Å². The van der Waals surface area contributed by atoms with Crippen LogP contribution in [0.3, 0.4) is 0 Å². The van der Waals surface area contributed by atoms with E-state index in [2.05, 4.69) is 41.2 Å². The normalized spacial score (nSPS) is 20.3. The summed E-state index contributed by atoms with van der Waals surface area (Å²) in [5, 5.41) is 5.86. The van der Waals surface area contributed by atoms with E-state index in [0.29, 0.717) is 44.7 Å². The summed E-state index contributed by atoms with van der Waals surface area (Å²) in [6.45, 7) is 13.2. The molecule has 2 N–H and O–H groups in total. The molecule has 212 valence electrons. The van der Waals surface area contributed by atoms with Crippen molar-refractivity contribution in [3.63, 3.8) is 0 Å². The maximum Gasteiger partial charge on any atom is 0.319 e. The first-order valence-electron chi connectivity index (χ1n) is 14.3. The minimum absolute atomic E-state index is 0.114. The van der Waals surface area contributed by atoms with Gasteiger partial charge in [-0.3, -0.25) is 4.90 Å². The Bertz CT molecular complexity index is 1100. The molecule has 10 nitrogen and oxygen atoms in total. The number of amides is 2. The number of nitrogens with zero attached hydrogens (tertiary/aromatic N) is 4. The van der Waals surface area contributed by atoms with Crippen LogP contribution in [0.1, 0.15) is 50.9 Å². The molecule has 39 heavy (non-hydrogen) atoms. The van der Waals surface area contributed by atoms with Crippen LogP contribution in [0.25, 0.3) is 11.4 Å². The minimum Gasteiger partial charge on any atom is -0.378 e. The molecule has 0 spiro atoms. The molecule has 10 heteroatoms. The number of ether oxygens (including phenoxy) is 3. The second-order valence-corrected chi connectivity index (χ2v) is 10.9. The molecule has 1 aromatic carbocycles. The summed E-state index contributed by atoms with van der Waals surface area (Å²) >= 11 is 0. The summed E-state index contributed by atoms with van der Waals surface area (Å²) in [5.74, 6) is 2.35. The van der Waals surface area contributed by atoms with Gasteiger partial charge in [0, 0.05) is 49.0 Å². The van der Waals surface area contributed by atoms with E-state index in [0.717, 1.165) is 68.2 Å². The first-order valence-corrected chi connectivity index (χ1v) is 14.3. The van der Waals surface area contributed by atoms with E-state index in [4.69, 9.17) is 24.2 Å². The van der Waals surface area contributed by atoms with Crippen molar-refractivity contribution in [2.24, 2.45) is 5.92 Å². The number of hydrogen-bond donors (Lipinski definition) is 2. The second-order valence-electron chi connectivity index (χ2n) is 10.9. The zero-order valence-corrected chi connectivity index (χ0v) is 23.4. The van der Waals surface area contributed by atoms with Gasteiger partial charge in [-0.15, -0.1) is 0 Å². The van der Waals surface area contributed by atoms with Gasteiger partial charge in [-0.05, 0) is 56.4 Å². The first kappa shape index (κ1) is 27.8. The topological polar surface area (TPSA) is 101 Å². The number of urea groups is 1. The molecule has 3 aliphatic heterocycles. The van der Waals surface area contributed by atoms with Gasteiger partial charge in [0.05, 0.1) is 38.7 Å². The van der Waals surface area contributed by atoms with Crippen LogP contribution in [0, 0.1) is 5.92 Å². The number of benzene rings is 1. The van der Waals surface area contributed by atoms with Gasteiger partial charge in [-0.25, -0.2) is 14.8 Å². The lowest BCUT2D eigenvalue weighted by Gasteiger charge is -2.38. The van der Waals surface area contributed by atoms with E-state index in [1.165, 1.54) is 5.56 Å². The number of carbonyl (C=O) groups excluding carboxylic acids is 1. The first-order chi connectivity index (χ1) is 19.0. The number of morpholine rings is 1. The molecule has 0 bridgehead atoms. The SMILES string of the molecule is CC(C)CCCNC(=O)Nc1ccc(-c2nc3c(c(N4CCOCC4)n2)CCN(CC2OCCO2)C3C)cc1. The zero-order chi connectivity index (χ0) is 27.2. The third-order valence-electron chi connectivity index (χ3n) is 7.64. The predicted octanol–water partition coefficient (Wildman–Crippen LogP) is 3.83. The van der Waals surface area contributed by atoms with E-state index in [1.54, 1.807) is 0 Å². The Labute approximate surface area is 231 Å². The van der Waals surface area contributed by atoms with Crippen LogP contribution in [-0.4, -0.2) is 86.3 Å². The fourth-order valence-corrected chi connectivity index (χ4v) is 5.41. The predicted molar refractivity (Wildman–Crippen MR) is 151 cm³/mol. The van der Waals surface area contributed by atoms with Crippen LogP contribution in [0.2, 0.25) is 0 Å². The van der Waals surface area contributed by atoms with Crippen molar-refractivity contribution in [3.05, 3.63) is 35.5 Å². The number of nitrogens with one attached hydrogen (secondary N) is 2. The number of carbonyl (C=O) groups is 1. The maximum absolute atomic E-state index is 12.3. The van der Waals surface area contributed by atoms with Gasteiger partial charge in [0.2, 0.25) is 0 Å². The number of rotatable bonds is 9. The largest absolute Gasteiger partial charge is 0.378 e. The molecule has 0 saturated carbocycles. The number of aromatic nitrogens is 2. The molecule has 2 aromatic rings. The summed E-state index contributed by atoms with van der Waals surface area (Å²) in [7, 11) is 0. The number of hydrogen-bond acceptors (Lipinski definition) is 8. The van der Waals surface area contributed by atoms with E-state index in [-0.39, 0.29) is 18.4 Å². The van der Waals surface area contributed by atoms with Crippen LogP contribution < -0.4 is 15.5 Å². The number of fused-ring (bicyclic) bond motifs is 1. The van der Waals surface area contributed by atoms with Gasteiger partial charge >= 0.3 is 6.03 Å². The molecule has 4 heterocycles. The summed E-state index contributed by atoms with van der Waals surface area (Å²) in [5.41, 5.74) is 3.95. The molecule has 1 unspecified atom stereocenters. The highest BCUT2D eigenvalue weighted by molar-refractivity contribution is 5.89. The van der Waals surface area contributed by atoms with E-state index < -0.39 is 0 Å². The van der Waals surface area contributed by atoms with Crippen molar-refractivity contribution in [1.29, 1.82) is 0 Å². The Balaban J connectivity index is 1.34. The molecule has 0 radical (unpaired) electrons. The second kappa shape index (κ2) is 13.0. The Hall–Kier alpha value is -2.79. The highest BCUT2D eigenvalue weighted by Gasteiger charge is 2.33. The highest BCUT2D eigenvalue weighted by atomic mass is 16.7. The van der Waals surface area contributed by atoms with Gasteiger partial charge in [0.25, 0.3) is 0 Å². The quantitative estimate of drug-likeness (QED) is 0.465. The van der Waals surface area contributed by atoms with Crippen LogP contribution in [0.15, 0.2) is 24.3 Å². The summed E-state index contributed by atoms with van der Waals surface area (Å²) in [6.07, 6.45) is 2.78. The van der Waals surface area contributed by atoms with Gasteiger partial charge < -0.3 is 29.7 Å². The Morgan fingerprint density at radius 3 is 2.51 bits per heavy atom. The van der Waals surface area contributed by atoms with E-state index in [9.17, 15) is 4.79 Å². The molecule has 3 aliphatic rings. The van der Waals surface area contributed by atoms with Crippen molar-refractivity contribution in [2.75, 3.05) is 69.4 Å². The monoisotopic (exact) mass is 538 g/mol. The Kier molecular flexibility index (Phi) is 9.28. The Morgan fingerprint density at radius 1 is 1.05 bits per heavy atom. The summed E-state index contributed by atoms with van der Waals surface area (Å²) in [6, 6.07) is 7.70. The fourth-order valence-electron chi connectivity index (χ4n) is 5.41. The number of anilines is 2. The van der Waals surface area contributed by atoms with Gasteiger partial charge in [0.1, 0.15) is 5.82 Å². The molecule has 2 fully saturated rings.